The number of carbonyl (C=O) groups is 1. The van der Waals surface area contributed by atoms with Crippen molar-refractivity contribution in [1.82, 2.24) is 24.4 Å². The molecule has 3 aromatic heterocycles. The molecule has 7 nitrogen and oxygen atoms in total. The summed E-state index contributed by atoms with van der Waals surface area (Å²) >= 11 is 12.2. The van der Waals surface area contributed by atoms with E-state index in [-0.39, 0.29) is 22.7 Å². The molecule has 5 rings (SSSR count). The minimum absolute atomic E-state index is 0.0538. The molecule has 4 aromatic rings. The monoisotopic (exact) mass is 563 g/mol. The van der Waals surface area contributed by atoms with Crippen LogP contribution in [0.1, 0.15) is 41.7 Å². The van der Waals surface area contributed by atoms with Crippen LogP contribution in [0.25, 0.3) is 16.9 Å². The summed E-state index contributed by atoms with van der Waals surface area (Å²) < 4.78 is 43.2. The average Bonchev–Trinajstić information content (AvgIpc) is 3.15. The number of fused-ring (bicyclic) bond motifs is 1. The van der Waals surface area contributed by atoms with E-state index in [2.05, 4.69) is 15.3 Å². The lowest BCUT2D eigenvalue weighted by molar-refractivity contribution is -0.141. The van der Waals surface area contributed by atoms with Gasteiger partial charge in [-0.15, -0.1) is 0 Å². The average molecular weight is 564 g/mol. The highest BCUT2D eigenvalue weighted by Gasteiger charge is 2.38. The number of pyridine rings is 2. The van der Waals surface area contributed by atoms with Crippen LogP contribution in [0.3, 0.4) is 0 Å². The van der Waals surface area contributed by atoms with Crippen molar-refractivity contribution < 1.29 is 18.0 Å². The minimum Gasteiger partial charge on any atom is -0.349 e. The van der Waals surface area contributed by atoms with Crippen molar-refractivity contribution in [2.45, 2.75) is 44.4 Å². The van der Waals surface area contributed by atoms with Gasteiger partial charge in [0.2, 0.25) is 0 Å². The Labute approximate surface area is 225 Å². The first-order valence-corrected chi connectivity index (χ1v) is 12.7. The minimum atomic E-state index is -4.78. The number of aromatic nitrogens is 4. The second-order valence-electron chi connectivity index (χ2n) is 9.26. The van der Waals surface area contributed by atoms with Crippen LogP contribution in [0.5, 0.6) is 0 Å². The summed E-state index contributed by atoms with van der Waals surface area (Å²) in [6.45, 7) is 0.418. The molecule has 0 atom stereocenters. The molecule has 1 saturated carbocycles. The molecule has 198 valence electrons. The van der Waals surface area contributed by atoms with Crippen LogP contribution in [0, 0.1) is 5.92 Å². The summed E-state index contributed by atoms with van der Waals surface area (Å²) in [7, 11) is 0. The molecular weight excluding hydrogens is 542 g/mol. The van der Waals surface area contributed by atoms with Gasteiger partial charge in [-0.1, -0.05) is 35.3 Å². The summed E-state index contributed by atoms with van der Waals surface area (Å²) in [5.41, 5.74) is -0.374. The first-order valence-electron chi connectivity index (χ1n) is 12.0. The Bertz CT molecular complexity index is 1560. The third-order valence-electron chi connectivity index (χ3n) is 6.77. The van der Waals surface area contributed by atoms with Crippen LogP contribution in [-0.2, 0) is 12.7 Å². The predicted molar refractivity (Wildman–Crippen MR) is 138 cm³/mol. The van der Waals surface area contributed by atoms with Gasteiger partial charge >= 0.3 is 11.9 Å². The number of benzene rings is 1. The van der Waals surface area contributed by atoms with Crippen LogP contribution in [0.15, 0.2) is 59.7 Å². The molecule has 0 spiro atoms. The topological polar surface area (TPSA) is 81.8 Å². The highest BCUT2D eigenvalue weighted by atomic mass is 35.5. The van der Waals surface area contributed by atoms with E-state index in [4.69, 9.17) is 23.2 Å². The van der Waals surface area contributed by atoms with Gasteiger partial charge in [0.05, 0.1) is 26.8 Å². The number of para-hydroxylation sites is 1. The van der Waals surface area contributed by atoms with Gasteiger partial charge in [-0.05, 0) is 61.9 Å². The zero-order valence-corrected chi connectivity index (χ0v) is 21.4. The zero-order chi connectivity index (χ0) is 27.0. The fourth-order valence-corrected chi connectivity index (χ4v) is 5.34. The molecule has 12 heteroatoms. The van der Waals surface area contributed by atoms with Crippen molar-refractivity contribution in [3.63, 3.8) is 0 Å². The Morgan fingerprint density at radius 1 is 1.05 bits per heavy atom. The molecule has 1 aliphatic carbocycles. The highest BCUT2D eigenvalue weighted by molar-refractivity contribution is 6.32. The van der Waals surface area contributed by atoms with Crippen molar-refractivity contribution in [3.05, 3.63) is 86.6 Å². The lowest BCUT2D eigenvalue weighted by Crippen LogP contribution is -2.39. The molecule has 1 aliphatic rings. The van der Waals surface area contributed by atoms with Crippen molar-refractivity contribution in [3.8, 4) is 5.69 Å². The van der Waals surface area contributed by atoms with E-state index in [9.17, 15) is 22.8 Å². The van der Waals surface area contributed by atoms with Gasteiger partial charge in [-0.25, -0.2) is 14.8 Å². The van der Waals surface area contributed by atoms with Gasteiger partial charge in [0.1, 0.15) is 0 Å². The maximum absolute atomic E-state index is 13.5. The molecule has 0 radical (unpaired) electrons. The van der Waals surface area contributed by atoms with E-state index >= 15 is 0 Å². The normalized spacial score (nSPS) is 18.0. The molecule has 1 amide bonds. The number of nitrogens with one attached hydrogen (secondary N) is 1. The number of rotatable bonds is 5. The second-order valence-corrected chi connectivity index (χ2v) is 10.1. The third kappa shape index (κ3) is 5.15. The Morgan fingerprint density at radius 2 is 1.79 bits per heavy atom. The van der Waals surface area contributed by atoms with Crippen molar-refractivity contribution in [2.75, 3.05) is 0 Å². The SMILES string of the molecule is O=C(NC1CCC(Cn2c(=O)n(-c3ccccc3Cl)c3cccnc32)CC1)c1cc(Cl)cnc1C(F)(F)F. The summed E-state index contributed by atoms with van der Waals surface area (Å²) in [5, 5.41) is 3.08. The second kappa shape index (κ2) is 10.4. The van der Waals surface area contributed by atoms with Gasteiger partial charge in [0.25, 0.3) is 5.91 Å². The molecule has 1 aromatic carbocycles. The van der Waals surface area contributed by atoms with E-state index in [1.54, 1.807) is 45.7 Å². The number of carbonyl (C=O) groups excluding carboxylic acids is 1. The number of halogens is 5. The molecule has 0 aliphatic heterocycles. The van der Waals surface area contributed by atoms with Gasteiger partial charge in [-0.3, -0.25) is 13.9 Å². The van der Waals surface area contributed by atoms with E-state index < -0.39 is 23.3 Å². The van der Waals surface area contributed by atoms with E-state index in [0.717, 1.165) is 12.3 Å². The largest absolute Gasteiger partial charge is 0.434 e. The van der Waals surface area contributed by atoms with Gasteiger partial charge < -0.3 is 5.32 Å². The van der Waals surface area contributed by atoms with Crippen LogP contribution >= 0.6 is 23.2 Å². The lowest BCUT2D eigenvalue weighted by Gasteiger charge is -2.29. The van der Waals surface area contributed by atoms with Crippen molar-refractivity contribution >= 4 is 40.3 Å². The smallest absolute Gasteiger partial charge is 0.349 e. The molecule has 0 saturated heterocycles. The van der Waals surface area contributed by atoms with Crippen molar-refractivity contribution in [2.24, 2.45) is 5.92 Å². The van der Waals surface area contributed by atoms with Gasteiger partial charge in [-0.2, -0.15) is 13.2 Å². The van der Waals surface area contributed by atoms with Gasteiger partial charge in [0.15, 0.2) is 11.3 Å². The number of imidazole rings is 1. The highest BCUT2D eigenvalue weighted by Crippen LogP contribution is 2.32. The van der Waals surface area contributed by atoms with Crippen LogP contribution in [-0.4, -0.2) is 31.1 Å². The van der Waals surface area contributed by atoms with Crippen molar-refractivity contribution in [1.29, 1.82) is 0 Å². The van der Waals surface area contributed by atoms with E-state index in [0.29, 0.717) is 54.1 Å². The van der Waals surface area contributed by atoms with E-state index in [1.165, 1.54) is 0 Å². The van der Waals surface area contributed by atoms with Crippen LogP contribution in [0.4, 0.5) is 13.2 Å². The maximum Gasteiger partial charge on any atom is 0.434 e. The number of amides is 1. The first kappa shape index (κ1) is 26.2. The van der Waals surface area contributed by atoms with Crippen LogP contribution < -0.4 is 11.0 Å². The Morgan fingerprint density at radius 3 is 2.50 bits per heavy atom. The predicted octanol–water partition coefficient (Wildman–Crippen LogP) is 5.90. The lowest BCUT2D eigenvalue weighted by atomic mass is 9.85. The molecular formula is C26H22Cl2F3N5O2. The first-order chi connectivity index (χ1) is 18.1. The van der Waals surface area contributed by atoms with Crippen LogP contribution in [0.2, 0.25) is 10.0 Å². The Balaban J connectivity index is 1.31. The molecule has 38 heavy (non-hydrogen) atoms. The molecule has 0 bridgehead atoms. The number of hydrogen-bond donors (Lipinski definition) is 1. The molecule has 1 fully saturated rings. The van der Waals surface area contributed by atoms with Gasteiger partial charge in [0, 0.05) is 25.0 Å². The molecule has 1 N–H and O–H groups in total. The summed E-state index contributed by atoms with van der Waals surface area (Å²) in [6, 6.07) is 11.3. The standard InChI is InChI=1S/C26H22Cl2F3N5O2/c27-16-12-18(22(33-13-16)26(29,30)31)24(37)34-17-9-7-15(8-10-17)14-35-23-21(6-3-11-32-23)36(25(35)38)20-5-2-1-4-19(20)28/h1-6,11-13,15,17H,7-10,14H2,(H,34,37). The third-order valence-corrected chi connectivity index (χ3v) is 7.29. The number of alkyl halides is 3. The summed E-state index contributed by atoms with van der Waals surface area (Å²) in [5.74, 6) is -0.745. The Kier molecular flexibility index (Phi) is 7.19. The molecule has 0 unspecified atom stereocenters. The Hall–Kier alpha value is -3.37. The fourth-order valence-electron chi connectivity index (χ4n) is 4.96. The number of hydrogen-bond acceptors (Lipinski definition) is 4. The fraction of sp³-hybridized carbons (Fsp3) is 0.308. The summed E-state index contributed by atoms with van der Waals surface area (Å²) in [4.78, 5) is 33.9. The zero-order valence-electron chi connectivity index (χ0n) is 19.9. The number of nitrogens with zero attached hydrogens (tertiary/aromatic N) is 4. The quantitative estimate of drug-likeness (QED) is 0.328. The molecule has 3 heterocycles. The van der Waals surface area contributed by atoms with E-state index in [1.807, 2.05) is 6.07 Å². The maximum atomic E-state index is 13.5. The summed E-state index contributed by atoms with van der Waals surface area (Å²) in [6.07, 6.45) is 0.160.